The molecule has 2 heterocycles. The Kier molecular flexibility index (Phi) is 8.54. The van der Waals surface area contributed by atoms with E-state index in [1.807, 2.05) is 18.2 Å². The van der Waals surface area contributed by atoms with Crippen LogP contribution in [0.4, 0.5) is 10.5 Å². The van der Waals surface area contributed by atoms with Crippen LogP contribution in [0.2, 0.25) is 0 Å². The zero-order valence-corrected chi connectivity index (χ0v) is 22.9. The highest BCUT2D eigenvalue weighted by Crippen LogP contribution is 2.35. The summed E-state index contributed by atoms with van der Waals surface area (Å²) in [4.78, 5) is 55.6. The monoisotopic (exact) mass is 536 g/mol. The number of nitrogens with zero attached hydrogens (tertiary/aromatic N) is 2. The van der Waals surface area contributed by atoms with Crippen molar-refractivity contribution in [3.63, 3.8) is 0 Å². The highest BCUT2D eigenvalue weighted by Gasteiger charge is 2.36. The molecule has 0 bridgehead atoms. The Labute approximate surface area is 226 Å². The van der Waals surface area contributed by atoms with Crippen molar-refractivity contribution in [3.8, 4) is 0 Å². The van der Waals surface area contributed by atoms with Crippen LogP contribution < -0.4 is 16.6 Å². The third-order valence-corrected chi connectivity index (χ3v) is 6.78. The minimum atomic E-state index is -0.619. The quantitative estimate of drug-likeness (QED) is 0.442. The Morgan fingerprint density at radius 3 is 2.59 bits per heavy atom. The summed E-state index contributed by atoms with van der Waals surface area (Å²) in [5.41, 5.74) is 0.609. The van der Waals surface area contributed by atoms with Gasteiger partial charge in [0.15, 0.2) is 0 Å². The molecule has 39 heavy (non-hydrogen) atoms. The van der Waals surface area contributed by atoms with E-state index < -0.39 is 23.3 Å². The van der Waals surface area contributed by atoms with Gasteiger partial charge in [-0.1, -0.05) is 24.3 Å². The van der Waals surface area contributed by atoms with Gasteiger partial charge in [-0.2, -0.15) is 0 Å². The van der Waals surface area contributed by atoms with Crippen molar-refractivity contribution < 1.29 is 19.1 Å². The molecule has 3 aromatic rings. The third kappa shape index (κ3) is 6.94. The standard InChI is InChI=1S/C29H36N4O6/c1-5-38-26(35)23-18-32(15-16-33-25(34)22-11-6-7-12-24(22)31-27(33)36)14-13-21(23)19-9-8-10-20(17-19)30-28(37)39-29(2,3)4/h6-12,17,21,23H,5,13-16,18H2,1-4H3,(H,30,37)(H,31,36)/t21-,23?/m1/s1. The summed E-state index contributed by atoms with van der Waals surface area (Å²) in [5.74, 6) is -0.854. The van der Waals surface area contributed by atoms with E-state index in [1.165, 1.54) is 4.57 Å². The predicted octanol–water partition coefficient (Wildman–Crippen LogP) is 3.71. The van der Waals surface area contributed by atoms with Crippen molar-refractivity contribution in [3.05, 3.63) is 74.9 Å². The number of likely N-dealkylation sites (tertiary alicyclic amines) is 1. The minimum Gasteiger partial charge on any atom is -0.466 e. The maximum atomic E-state index is 13.0. The van der Waals surface area contributed by atoms with E-state index in [-0.39, 0.29) is 30.6 Å². The van der Waals surface area contributed by atoms with Crippen molar-refractivity contribution in [2.45, 2.75) is 52.2 Å². The van der Waals surface area contributed by atoms with Gasteiger partial charge in [0.1, 0.15) is 5.60 Å². The molecule has 10 heteroatoms. The molecule has 1 saturated heterocycles. The first-order valence-corrected chi connectivity index (χ1v) is 13.3. The van der Waals surface area contributed by atoms with Gasteiger partial charge in [0.2, 0.25) is 0 Å². The van der Waals surface area contributed by atoms with Crippen LogP contribution in [0.15, 0.2) is 58.1 Å². The second kappa shape index (κ2) is 11.9. The summed E-state index contributed by atoms with van der Waals surface area (Å²) in [7, 11) is 0. The highest BCUT2D eigenvalue weighted by molar-refractivity contribution is 5.85. The third-order valence-electron chi connectivity index (χ3n) is 6.78. The fraction of sp³-hybridized carbons (Fsp3) is 0.448. The van der Waals surface area contributed by atoms with Crippen LogP contribution >= 0.6 is 0 Å². The van der Waals surface area contributed by atoms with E-state index in [1.54, 1.807) is 58.0 Å². The highest BCUT2D eigenvalue weighted by atomic mass is 16.6. The number of para-hydroxylation sites is 1. The number of fused-ring (bicyclic) bond motifs is 1. The molecule has 1 fully saturated rings. The van der Waals surface area contributed by atoms with Gasteiger partial charge in [0.25, 0.3) is 5.56 Å². The molecule has 1 unspecified atom stereocenters. The number of piperidine rings is 1. The second-order valence-electron chi connectivity index (χ2n) is 10.7. The number of esters is 1. The van der Waals surface area contributed by atoms with Crippen LogP contribution in [0.5, 0.6) is 0 Å². The Balaban J connectivity index is 1.49. The molecule has 4 rings (SSSR count). The molecule has 0 spiro atoms. The Morgan fingerprint density at radius 1 is 1.08 bits per heavy atom. The van der Waals surface area contributed by atoms with Gasteiger partial charge in [0.05, 0.1) is 23.4 Å². The molecule has 0 radical (unpaired) electrons. The first kappa shape index (κ1) is 28.1. The number of carbonyl (C=O) groups is 2. The fourth-order valence-corrected chi connectivity index (χ4v) is 5.02. The molecular weight excluding hydrogens is 500 g/mol. The average molecular weight is 537 g/mol. The molecule has 0 saturated carbocycles. The molecule has 2 N–H and O–H groups in total. The van der Waals surface area contributed by atoms with Gasteiger partial charge in [-0.15, -0.1) is 0 Å². The summed E-state index contributed by atoms with van der Waals surface area (Å²) < 4.78 is 12.0. The molecule has 0 aliphatic carbocycles. The summed E-state index contributed by atoms with van der Waals surface area (Å²) in [6.07, 6.45) is 0.123. The summed E-state index contributed by atoms with van der Waals surface area (Å²) >= 11 is 0. The Hall–Kier alpha value is -3.92. The van der Waals surface area contributed by atoms with Crippen molar-refractivity contribution in [2.24, 2.45) is 5.92 Å². The van der Waals surface area contributed by atoms with Gasteiger partial charge in [-0.25, -0.2) is 9.59 Å². The molecule has 1 aromatic heterocycles. The van der Waals surface area contributed by atoms with Crippen LogP contribution in [-0.2, 0) is 20.8 Å². The fourth-order valence-electron chi connectivity index (χ4n) is 5.02. The molecule has 208 valence electrons. The van der Waals surface area contributed by atoms with E-state index in [2.05, 4.69) is 15.2 Å². The van der Waals surface area contributed by atoms with Crippen LogP contribution in [0.1, 0.15) is 45.6 Å². The Bertz CT molecular complexity index is 1450. The number of H-pyrrole nitrogens is 1. The minimum absolute atomic E-state index is 0.118. The topological polar surface area (TPSA) is 123 Å². The van der Waals surface area contributed by atoms with E-state index in [9.17, 15) is 19.2 Å². The maximum Gasteiger partial charge on any atom is 0.412 e. The number of benzene rings is 2. The molecule has 1 amide bonds. The van der Waals surface area contributed by atoms with Gasteiger partial charge in [0, 0.05) is 25.3 Å². The lowest BCUT2D eigenvalue weighted by Crippen LogP contribution is -2.46. The Morgan fingerprint density at radius 2 is 1.85 bits per heavy atom. The number of nitrogens with one attached hydrogen (secondary N) is 2. The first-order chi connectivity index (χ1) is 18.6. The number of aromatic amines is 1. The number of rotatable bonds is 7. The van der Waals surface area contributed by atoms with Crippen LogP contribution in [0.25, 0.3) is 10.9 Å². The van der Waals surface area contributed by atoms with Crippen molar-refractivity contribution >= 4 is 28.7 Å². The SMILES string of the molecule is CCOC(=O)C1CN(CCn2c(=O)[nH]c3ccccc3c2=O)CC[C@@H]1c1cccc(NC(=O)OC(C)(C)C)c1. The van der Waals surface area contributed by atoms with Gasteiger partial charge < -0.3 is 19.4 Å². The zero-order valence-electron chi connectivity index (χ0n) is 22.9. The number of hydrogen-bond donors (Lipinski definition) is 2. The van der Waals surface area contributed by atoms with Crippen LogP contribution in [-0.4, -0.2) is 58.4 Å². The molecular formula is C29H36N4O6. The van der Waals surface area contributed by atoms with Crippen molar-refractivity contribution in [1.82, 2.24) is 14.5 Å². The van der Waals surface area contributed by atoms with Gasteiger partial charge in [-0.3, -0.25) is 19.5 Å². The van der Waals surface area contributed by atoms with E-state index in [0.29, 0.717) is 42.6 Å². The first-order valence-electron chi connectivity index (χ1n) is 13.3. The lowest BCUT2D eigenvalue weighted by atomic mass is 9.80. The van der Waals surface area contributed by atoms with Crippen molar-refractivity contribution in [1.29, 1.82) is 0 Å². The maximum absolute atomic E-state index is 13.0. The number of amides is 1. The van der Waals surface area contributed by atoms with Crippen molar-refractivity contribution in [2.75, 3.05) is 31.6 Å². The van der Waals surface area contributed by atoms with Gasteiger partial charge >= 0.3 is 17.8 Å². The van der Waals surface area contributed by atoms with E-state index in [4.69, 9.17) is 9.47 Å². The van der Waals surface area contributed by atoms with Gasteiger partial charge in [-0.05, 0) is 76.4 Å². The lowest BCUT2D eigenvalue weighted by molar-refractivity contribution is -0.150. The smallest absolute Gasteiger partial charge is 0.412 e. The molecule has 1 aliphatic rings. The number of anilines is 1. The van der Waals surface area contributed by atoms with Crippen LogP contribution in [0.3, 0.4) is 0 Å². The summed E-state index contributed by atoms with van der Waals surface area (Å²) in [6, 6.07) is 14.4. The molecule has 2 aromatic carbocycles. The largest absolute Gasteiger partial charge is 0.466 e. The van der Waals surface area contributed by atoms with E-state index >= 15 is 0 Å². The predicted molar refractivity (Wildman–Crippen MR) is 149 cm³/mol. The molecule has 1 aliphatic heterocycles. The van der Waals surface area contributed by atoms with Crippen LogP contribution in [0, 0.1) is 5.92 Å². The molecule has 2 atom stereocenters. The number of ether oxygens (including phenoxy) is 2. The summed E-state index contributed by atoms with van der Waals surface area (Å²) in [5, 5.41) is 3.22. The lowest BCUT2D eigenvalue weighted by Gasteiger charge is -2.37. The average Bonchev–Trinajstić information content (AvgIpc) is 2.87. The number of carbonyl (C=O) groups excluding carboxylic acids is 2. The number of hydrogen-bond acceptors (Lipinski definition) is 7. The number of aromatic nitrogens is 2. The molecule has 10 nitrogen and oxygen atoms in total. The normalized spacial score (nSPS) is 18.1. The van der Waals surface area contributed by atoms with E-state index in [0.717, 1.165) is 5.56 Å². The zero-order chi connectivity index (χ0) is 28.2. The second-order valence-corrected chi connectivity index (χ2v) is 10.7. The summed E-state index contributed by atoms with van der Waals surface area (Å²) in [6.45, 7) is 9.17.